The third-order valence-corrected chi connectivity index (χ3v) is 2.96. The summed E-state index contributed by atoms with van der Waals surface area (Å²) in [7, 11) is 0. The van der Waals surface area contributed by atoms with Crippen molar-refractivity contribution in [1.82, 2.24) is 9.55 Å². The van der Waals surface area contributed by atoms with E-state index in [0.717, 1.165) is 18.8 Å². The average molecular weight is 258 g/mol. The van der Waals surface area contributed by atoms with Crippen molar-refractivity contribution in [3.05, 3.63) is 42.5 Å². The Morgan fingerprint density at radius 3 is 2.89 bits per heavy atom. The minimum atomic E-state index is -0.0179. The minimum absolute atomic E-state index is 0.0179. The summed E-state index contributed by atoms with van der Waals surface area (Å²) in [5, 5.41) is 2.82. The zero-order chi connectivity index (χ0) is 13.7. The highest BCUT2D eigenvalue weighted by Crippen LogP contribution is 2.17. The van der Waals surface area contributed by atoms with E-state index in [4.69, 9.17) is 5.73 Å². The van der Waals surface area contributed by atoms with E-state index in [0.29, 0.717) is 17.8 Å². The number of nitrogens with two attached hydrogens (primary N) is 1. The molecule has 19 heavy (non-hydrogen) atoms. The molecular formula is C14H18N4O. The molecule has 1 aromatic heterocycles. The van der Waals surface area contributed by atoms with Crippen LogP contribution in [0.15, 0.2) is 36.7 Å². The van der Waals surface area contributed by atoms with Crippen molar-refractivity contribution in [3.8, 4) is 0 Å². The molecule has 0 radical (unpaired) electrons. The first kappa shape index (κ1) is 13.1. The standard InChI is InChI=1S/C14H18N4O/c1-11-16-8-10-18(11)9-4-7-14(19)17-13-6-3-2-5-12(13)15/h2-3,5-6,8,10H,4,7,9,15H2,1H3,(H,17,19). The molecule has 0 spiro atoms. The summed E-state index contributed by atoms with van der Waals surface area (Å²) in [5.74, 6) is 0.948. The second-order valence-corrected chi connectivity index (χ2v) is 4.41. The molecule has 0 aliphatic rings. The molecule has 3 N–H and O–H groups in total. The molecule has 1 aromatic carbocycles. The van der Waals surface area contributed by atoms with Gasteiger partial charge in [-0.2, -0.15) is 0 Å². The summed E-state index contributed by atoms with van der Waals surface area (Å²) in [6, 6.07) is 7.26. The molecular weight excluding hydrogens is 240 g/mol. The molecule has 5 heteroatoms. The number of nitrogens with one attached hydrogen (secondary N) is 1. The van der Waals surface area contributed by atoms with Crippen LogP contribution in [0.3, 0.4) is 0 Å². The number of nitrogen functional groups attached to an aromatic ring is 1. The largest absolute Gasteiger partial charge is 0.397 e. The van der Waals surface area contributed by atoms with Crippen molar-refractivity contribution in [2.45, 2.75) is 26.3 Å². The molecule has 0 fully saturated rings. The number of carbonyl (C=O) groups is 1. The number of amides is 1. The number of aryl methyl sites for hydroxylation is 2. The maximum atomic E-state index is 11.8. The van der Waals surface area contributed by atoms with Gasteiger partial charge < -0.3 is 15.6 Å². The van der Waals surface area contributed by atoms with Gasteiger partial charge in [0, 0.05) is 25.4 Å². The van der Waals surface area contributed by atoms with Gasteiger partial charge >= 0.3 is 0 Å². The number of nitrogens with zero attached hydrogens (tertiary/aromatic N) is 2. The van der Waals surface area contributed by atoms with Crippen molar-refractivity contribution >= 4 is 17.3 Å². The molecule has 1 heterocycles. The Morgan fingerprint density at radius 1 is 1.42 bits per heavy atom. The predicted octanol–water partition coefficient (Wildman–Crippen LogP) is 2.19. The van der Waals surface area contributed by atoms with E-state index in [-0.39, 0.29) is 5.91 Å². The van der Waals surface area contributed by atoms with E-state index >= 15 is 0 Å². The zero-order valence-electron chi connectivity index (χ0n) is 11.0. The number of hydrogen-bond acceptors (Lipinski definition) is 3. The third-order valence-electron chi connectivity index (χ3n) is 2.96. The molecule has 0 bridgehead atoms. The summed E-state index contributed by atoms with van der Waals surface area (Å²) >= 11 is 0. The van der Waals surface area contributed by atoms with Gasteiger partial charge in [0.05, 0.1) is 11.4 Å². The van der Waals surface area contributed by atoms with Crippen LogP contribution in [0.4, 0.5) is 11.4 Å². The van der Waals surface area contributed by atoms with Crippen LogP contribution >= 0.6 is 0 Å². The van der Waals surface area contributed by atoms with Gasteiger partial charge in [0.1, 0.15) is 5.82 Å². The number of rotatable bonds is 5. The number of hydrogen-bond donors (Lipinski definition) is 2. The molecule has 0 aliphatic heterocycles. The van der Waals surface area contributed by atoms with E-state index in [1.54, 1.807) is 18.3 Å². The first-order chi connectivity index (χ1) is 9.16. The molecule has 0 saturated carbocycles. The van der Waals surface area contributed by atoms with E-state index in [9.17, 15) is 4.79 Å². The highest BCUT2D eigenvalue weighted by atomic mass is 16.1. The van der Waals surface area contributed by atoms with Gasteiger partial charge in [-0.3, -0.25) is 4.79 Å². The van der Waals surface area contributed by atoms with Crippen LogP contribution in [0, 0.1) is 6.92 Å². The van der Waals surface area contributed by atoms with Crippen LogP contribution in [0.2, 0.25) is 0 Å². The lowest BCUT2D eigenvalue weighted by molar-refractivity contribution is -0.116. The molecule has 0 aliphatic carbocycles. The van der Waals surface area contributed by atoms with Crippen LogP contribution < -0.4 is 11.1 Å². The molecule has 100 valence electrons. The topological polar surface area (TPSA) is 72.9 Å². The van der Waals surface area contributed by atoms with E-state index in [1.165, 1.54) is 0 Å². The van der Waals surface area contributed by atoms with Gasteiger partial charge in [-0.1, -0.05) is 12.1 Å². The maximum Gasteiger partial charge on any atom is 0.224 e. The number of carbonyl (C=O) groups excluding carboxylic acids is 1. The fourth-order valence-corrected chi connectivity index (χ4v) is 1.87. The fourth-order valence-electron chi connectivity index (χ4n) is 1.87. The van der Waals surface area contributed by atoms with Crippen molar-refractivity contribution in [2.24, 2.45) is 0 Å². The number of benzene rings is 1. The summed E-state index contributed by atoms with van der Waals surface area (Å²) in [5.41, 5.74) is 7.02. The Balaban J connectivity index is 1.79. The third kappa shape index (κ3) is 3.58. The minimum Gasteiger partial charge on any atom is -0.397 e. The lowest BCUT2D eigenvalue weighted by Gasteiger charge is -2.08. The van der Waals surface area contributed by atoms with Gasteiger partial charge in [-0.15, -0.1) is 0 Å². The molecule has 2 aromatic rings. The van der Waals surface area contributed by atoms with Crippen LogP contribution in [-0.4, -0.2) is 15.5 Å². The van der Waals surface area contributed by atoms with Gasteiger partial charge in [0.2, 0.25) is 5.91 Å². The van der Waals surface area contributed by atoms with Crippen molar-refractivity contribution in [3.63, 3.8) is 0 Å². The monoisotopic (exact) mass is 258 g/mol. The molecule has 0 atom stereocenters. The summed E-state index contributed by atoms with van der Waals surface area (Å²) in [6.07, 6.45) is 4.92. The first-order valence-corrected chi connectivity index (χ1v) is 6.29. The molecule has 0 unspecified atom stereocenters. The predicted molar refractivity (Wildman–Crippen MR) is 75.7 cm³/mol. The van der Waals surface area contributed by atoms with E-state index < -0.39 is 0 Å². The summed E-state index contributed by atoms with van der Waals surface area (Å²) in [4.78, 5) is 15.9. The second kappa shape index (κ2) is 6.04. The molecule has 0 saturated heterocycles. The Bertz CT molecular complexity index is 562. The van der Waals surface area contributed by atoms with E-state index in [2.05, 4.69) is 10.3 Å². The van der Waals surface area contributed by atoms with Crippen LogP contribution in [0.25, 0.3) is 0 Å². The van der Waals surface area contributed by atoms with E-state index in [1.807, 2.05) is 29.8 Å². The smallest absolute Gasteiger partial charge is 0.224 e. The van der Waals surface area contributed by atoms with Crippen molar-refractivity contribution in [2.75, 3.05) is 11.1 Å². The number of para-hydroxylation sites is 2. The normalized spacial score (nSPS) is 10.4. The van der Waals surface area contributed by atoms with Gasteiger partial charge in [-0.05, 0) is 25.5 Å². The SMILES string of the molecule is Cc1nccn1CCCC(=O)Nc1ccccc1N. The maximum absolute atomic E-state index is 11.8. The number of aromatic nitrogens is 2. The van der Waals surface area contributed by atoms with Gasteiger partial charge in [0.25, 0.3) is 0 Å². The Kier molecular flexibility index (Phi) is 4.18. The molecule has 2 rings (SSSR count). The highest BCUT2D eigenvalue weighted by Gasteiger charge is 2.05. The van der Waals surface area contributed by atoms with Crippen LogP contribution in [-0.2, 0) is 11.3 Å². The molecule has 5 nitrogen and oxygen atoms in total. The van der Waals surface area contributed by atoms with Crippen LogP contribution in [0.5, 0.6) is 0 Å². The number of anilines is 2. The first-order valence-electron chi connectivity index (χ1n) is 6.29. The van der Waals surface area contributed by atoms with Crippen LogP contribution in [0.1, 0.15) is 18.7 Å². The Morgan fingerprint density at radius 2 is 2.21 bits per heavy atom. The second-order valence-electron chi connectivity index (χ2n) is 4.41. The van der Waals surface area contributed by atoms with Crippen molar-refractivity contribution < 1.29 is 4.79 Å². The lowest BCUT2D eigenvalue weighted by Crippen LogP contribution is -2.13. The van der Waals surface area contributed by atoms with Gasteiger partial charge in [0.15, 0.2) is 0 Å². The summed E-state index contributed by atoms with van der Waals surface area (Å²) in [6.45, 7) is 2.74. The zero-order valence-corrected chi connectivity index (χ0v) is 11.0. The van der Waals surface area contributed by atoms with Gasteiger partial charge in [-0.25, -0.2) is 4.98 Å². The highest BCUT2D eigenvalue weighted by molar-refractivity contribution is 5.93. The Hall–Kier alpha value is -2.30. The van der Waals surface area contributed by atoms with Crippen molar-refractivity contribution in [1.29, 1.82) is 0 Å². The lowest BCUT2D eigenvalue weighted by atomic mass is 10.2. The fraction of sp³-hybridized carbons (Fsp3) is 0.286. The summed E-state index contributed by atoms with van der Waals surface area (Å²) < 4.78 is 2.03. The number of imidazole rings is 1. The molecule has 1 amide bonds. The average Bonchev–Trinajstić information content (AvgIpc) is 2.78. The Labute approximate surface area is 112 Å². The quantitative estimate of drug-likeness (QED) is 0.807.